The van der Waals surface area contributed by atoms with Crippen molar-refractivity contribution >= 4 is 15.7 Å². The average molecular weight is 440 g/mol. The molecule has 0 saturated heterocycles. The molecule has 1 aliphatic carbocycles. The number of carbonyl (C=O) groups is 1. The van der Waals surface area contributed by atoms with Gasteiger partial charge in [0.1, 0.15) is 0 Å². The van der Waals surface area contributed by atoms with Crippen molar-refractivity contribution in [1.29, 1.82) is 0 Å². The number of hydrogen-bond acceptors (Lipinski definition) is 5. The Labute approximate surface area is 181 Å². The van der Waals surface area contributed by atoms with Crippen molar-refractivity contribution in [3.63, 3.8) is 0 Å². The fraction of sp³-hybridized carbons (Fsp3) is 0.304. The first-order chi connectivity index (χ1) is 15.0. The van der Waals surface area contributed by atoms with Gasteiger partial charge in [-0.05, 0) is 36.5 Å². The second-order valence-corrected chi connectivity index (χ2v) is 9.67. The molecule has 0 radical (unpaired) electrons. The van der Waals surface area contributed by atoms with E-state index in [2.05, 4.69) is 11.6 Å². The van der Waals surface area contributed by atoms with E-state index in [0.717, 1.165) is 12.8 Å². The van der Waals surface area contributed by atoms with Crippen LogP contribution >= 0.6 is 0 Å². The third kappa shape index (κ3) is 4.96. The van der Waals surface area contributed by atoms with Crippen LogP contribution < -0.4 is 0 Å². The summed E-state index contributed by atoms with van der Waals surface area (Å²) in [6.45, 7) is 4.89. The molecule has 0 atom stereocenters. The van der Waals surface area contributed by atoms with Gasteiger partial charge in [-0.25, -0.2) is 13.4 Å². The van der Waals surface area contributed by atoms with Crippen LogP contribution in [0.25, 0.3) is 0 Å². The van der Waals surface area contributed by atoms with Crippen molar-refractivity contribution in [3.8, 4) is 0 Å². The van der Waals surface area contributed by atoms with E-state index in [-0.39, 0.29) is 35.7 Å². The van der Waals surface area contributed by atoms with Crippen LogP contribution in [0.15, 0.2) is 77.2 Å². The normalized spacial score (nSPS) is 13.8. The Kier molecular flexibility index (Phi) is 6.08. The lowest BCUT2D eigenvalue weighted by atomic mass is 10.2. The highest BCUT2D eigenvalue weighted by molar-refractivity contribution is 7.90. The lowest BCUT2D eigenvalue weighted by Gasteiger charge is -2.22. The van der Waals surface area contributed by atoms with Gasteiger partial charge in [-0.2, -0.15) is 0 Å². The Morgan fingerprint density at radius 3 is 2.65 bits per heavy atom. The van der Waals surface area contributed by atoms with Gasteiger partial charge in [-0.1, -0.05) is 36.4 Å². The van der Waals surface area contributed by atoms with Crippen molar-refractivity contribution in [2.24, 2.45) is 5.92 Å². The number of allylic oxidation sites excluding steroid dienone is 1. The third-order valence-corrected chi connectivity index (χ3v) is 6.83. The zero-order valence-electron chi connectivity index (χ0n) is 17.2. The minimum absolute atomic E-state index is 0.0110. The van der Waals surface area contributed by atoms with Crippen molar-refractivity contribution in [2.45, 2.75) is 36.8 Å². The van der Waals surface area contributed by atoms with Crippen LogP contribution in [0.1, 0.15) is 34.7 Å². The molecule has 31 heavy (non-hydrogen) atoms. The maximum Gasteiger partial charge on any atom is 0.289 e. The molecule has 1 fully saturated rings. The molecule has 0 aliphatic heterocycles. The predicted octanol–water partition coefficient (Wildman–Crippen LogP) is 3.69. The Balaban J connectivity index is 1.62. The molecule has 2 heterocycles. The first kappa shape index (κ1) is 21.1. The smallest absolute Gasteiger partial charge is 0.289 e. The van der Waals surface area contributed by atoms with E-state index in [9.17, 15) is 13.2 Å². The van der Waals surface area contributed by atoms with Gasteiger partial charge in [-0.3, -0.25) is 4.79 Å². The van der Waals surface area contributed by atoms with E-state index in [0.29, 0.717) is 23.7 Å². The Morgan fingerprint density at radius 2 is 2.00 bits per heavy atom. The van der Waals surface area contributed by atoms with Gasteiger partial charge in [0.2, 0.25) is 15.0 Å². The summed E-state index contributed by atoms with van der Waals surface area (Å²) in [6.07, 6.45) is 6.82. The SMILES string of the molecule is C=CCn1c(CN(CC2CC2)C(=O)c2ccco2)cnc1S(=O)(=O)Cc1ccccc1. The second kappa shape index (κ2) is 8.93. The zero-order chi connectivity index (χ0) is 21.8. The van der Waals surface area contributed by atoms with E-state index in [1.54, 1.807) is 39.8 Å². The van der Waals surface area contributed by atoms with Crippen molar-refractivity contribution < 1.29 is 17.6 Å². The number of imidazole rings is 1. The highest BCUT2D eigenvalue weighted by atomic mass is 32.2. The van der Waals surface area contributed by atoms with E-state index in [4.69, 9.17) is 4.42 Å². The van der Waals surface area contributed by atoms with Gasteiger partial charge in [0.15, 0.2) is 5.76 Å². The molecule has 8 heteroatoms. The van der Waals surface area contributed by atoms with Crippen molar-refractivity contribution in [2.75, 3.05) is 6.54 Å². The summed E-state index contributed by atoms with van der Waals surface area (Å²) < 4.78 is 33.1. The Morgan fingerprint density at radius 1 is 1.23 bits per heavy atom. The molecule has 0 N–H and O–H groups in total. The van der Waals surface area contributed by atoms with E-state index in [1.807, 2.05) is 18.2 Å². The van der Waals surface area contributed by atoms with Crippen LogP contribution in [0.5, 0.6) is 0 Å². The fourth-order valence-electron chi connectivity index (χ4n) is 3.53. The van der Waals surface area contributed by atoms with Gasteiger partial charge in [-0.15, -0.1) is 6.58 Å². The number of furan rings is 1. The maximum atomic E-state index is 13.1. The summed E-state index contributed by atoms with van der Waals surface area (Å²) in [4.78, 5) is 18.9. The summed E-state index contributed by atoms with van der Waals surface area (Å²) in [7, 11) is -3.67. The van der Waals surface area contributed by atoms with Gasteiger partial charge >= 0.3 is 0 Å². The molecule has 2 aromatic heterocycles. The standard InChI is InChI=1S/C23H25N3O4S/c1-2-12-26-20(14-24-23(26)31(28,29)17-19-7-4-3-5-8-19)16-25(15-18-10-11-18)22(27)21-9-6-13-30-21/h2-9,13-14,18H,1,10-12,15-17H2. The number of hydrogen-bond donors (Lipinski definition) is 0. The molecule has 0 unspecified atom stereocenters. The Bertz CT molecular complexity index is 1150. The van der Waals surface area contributed by atoms with Crippen LogP contribution in [-0.2, 0) is 28.7 Å². The first-order valence-corrected chi connectivity index (χ1v) is 11.9. The fourth-order valence-corrected chi connectivity index (χ4v) is 5.03. The molecule has 0 spiro atoms. The van der Waals surface area contributed by atoms with Crippen LogP contribution in [0.4, 0.5) is 0 Å². The number of aromatic nitrogens is 2. The zero-order valence-corrected chi connectivity index (χ0v) is 18.0. The first-order valence-electron chi connectivity index (χ1n) is 10.2. The lowest BCUT2D eigenvalue weighted by Crippen LogP contribution is -2.33. The second-order valence-electron chi connectivity index (χ2n) is 7.78. The minimum atomic E-state index is -3.67. The van der Waals surface area contributed by atoms with Crippen molar-refractivity contribution in [3.05, 3.63) is 84.6 Å². The molecule has 4 rings (SSSR count). The summed E-state index contributed by atoms with van der Waals surface area (Å²) >= 11 is 0. The number of nitrogens with zero attached hydrogens (tertiary/aromatic N) is 3. The van der Waals surface area contributed by atoms with Crippen LogP contribution in [0.3, 0.4) is 0 Å². The number of rotatable bonds is 10. The van der Waals surface area contributed by atoms with Gasteiger partial charge in [0, 0.05) is 13.1 Å². The molecule has 1 aromatic carbocycles. The summed E-state index contributed by atoms with van der Waals surface area (Å²) in [5, 5.41) is -0.0110. The summed E-state index contributed by atoms with van der Waals surface area (Å²) in [5.41, 5.74) is 1.34. The monoisotopic (exact) mass is 439 g/mol. The van der Waals surface area contributed by atoms with Crippen LogP contribution in [0, 0.1) is 5.92 Å². The molecule has 0 bridgehead atoms. The number of sulfone groups is 1. The van der Waals surface area contributed by atoms with Crippen LogP contribution in [-0.4, -0.2) is 35.3 Å². The molecule has 7 nitrogen and oxygen atoms in total. The maximum absolute atomic E-state index is 13.1. The number of carbonyl (C=O) groups excluding carboxylic acids is 1. The Hall–Kier alpha value is -3.13. The van der Waals surface area contributed by atoms with Crippen LogP contribution in [0.2, 0.25) is 0 Å². The minimum Gasteiger partial charge on any atom is -0.459 e. The molecule has 1 saturated carbocycles. The molecule has 1 amide bonds. The summed E-state index contributed by atoms with van der Waals surface area (Å²) in [5.74, 6) is 0.388. The average Bonchev–Trinajstić information content (AvgIpc) is 3.23. The van der Waals surface area contributed by atoms with E-state index >= 15 is 0 Å². The quantitative estimate of drug-likeness (QED) is 0.450. The summed E-state index contributed by atoms with van der Waals surface area (Å²) in [6, 6.07) is 12.3. The largest absolute Gasteiger partial charge is 0.459 e. The number of amides is 1. The molecular formula is C23H25N3O4S. The lowest BCUT2D eigenvalue weighted by molar-refractivity contribution is 0.0698. The molecule has 162 valence electrons. The molecule has 1 aliphatic rings. The predicted molar refractivity (Wildman–Crippen MR) is 116 cm³/mol. The highest BCUT2D eigenvalue weighted by Crippen LogP contribution is 2.31. The van der Waals surface area contributed by atoms with Crippen molar-refractivity contribution in [1.82, 2.24) is 14.5 Å². The molecule has 3 aromatic rings. The van der Waals surface area contributed by atoms with Gasteiger partial charge in [0.25, 0.3) is 5.91 Å². The highest BCUT2D eigenvalue weighted by Gasteiger charge is 2.30. The van der Waals surface area contributed by atoms with Gasteiger partial charge in [0.05, 0.1) is 30.5 Å². The third-order valence-electron chi connectivity index (χ3n) is 5.24. The molecular weight excluding hydrogens is 414 g/mol. The number of benzene rings is 1. The van der Waals surface area contributed by atoms with E-state index < -0.39 is 9.84 Å². The van der Waals surface area contributed by atoms with E-state index in [1.165, 1.54) is 12.5 Å². The topological polar surface area (TPSA) is 85.4 Å². The van der Waals surface area contributed by atoms with Gasteiger partial charge < -0.3 is 13.9 Å².